The summed E-state index contributed by atoms with van der Waals surface area (Å²) >= 11 is 9.27. The van der Waals surface area contributed by atoms with Crippen LogP contribution in [-0.2, 0) is 0 Å². The minimum atomic E-state index is 0.757. The Balaban J connectivity index is 3.16. The van der Waals surface area contributed by atoms with Crippen LogP contribution in [0, 0.1) is 28.1 Å². The summed E-state index contributed by atoms with van der Waals surface area (Å²) in [5.41, 5.74) is 3.94. The second kappa shape index (κ2) is 9.37. The average molecular weight is 806 g/mol. The summed E-state index contributed by atoms with van der Waals surface area (Å²) < 4.78 is 27.4. The predicted octanol–water partition coefficient (Wildman–Crippen LogP) is 6.42. The highest BCUT2D eigenvalue weighted by Gasteiger charge is 2.30. The Morgan fingerprint density at radius 1 is 0.462 bits per heavy atom. The lowest BCUT2D eigenvalue weighted by molar-refractivity contribution is 0.381. The number of ether oxygens (including phenoxy) is 4. The Kier molecular flexibility index (Phi) is 8.23. The van der Waals surface area contributed by atoms with Gasteiger partial charge < -0.3 is 18.9 Å². The quantitative estimate of drug-likeness (QED) is 0.327. The van der Waals surface area contributed by atoms with Gasteiger partial charge in [0.25, 0.3) is 0 Å². The number of benzene rings is 2. The molecule has 0 saturated carbocycles. The van der Waals surface area contributed by atoms with Crippen molar-refractivity contribution in [1.29, 1.82) is 0 Å². The molecule has 2 aromatic carbocycles. The molecule has 0 aliphatic rings. The van der Waals surface area contributed by atoms with Gasteiger partial charge in [-0.05, 0) is 115 Å². The fourth-order valence-corrected chi connectivity index (χ4v) is 6.81. The predicted molar refractivity (Wildman–Crippen MR) is 138 cm³/mol. The topological polar surface area (TPSA) is 36.9 Å². The van der Waals surface area contributed by atoms with Crippen molar-refractivity contribution in [3.63, 3.8) is 0 Å². The third-order valence-electron chi connectivity index (χ3n) is 4.09. The van der Waals surface area contributed by atoms with Crippen molar-refractivity contribution in [2.24, 2.45) is 0 Å². The van der Waals surface area contributed by atoms with E-state index >= 15 is 0 Å². The Morgan fingerprint density at radius 2 is 0.654 bits per heavy atom. The van der Waals surface area contributed by atoms with Crippen molar-refractivity contribution < 1.29 is 18.9 Å². The summed E-state index contributed by atoms with van der Waals surface area (Å²) in [7, 11) is 6.71. The van der Waals surface area contributed by atoms with Crippen LogP contribution in [0.1, 0.15) is 11.1 Å². The molecule has 8 heteroatoms. The van der Waals surface area contributed by atoms with Gasteiger partial charge in [0.05, 0.1) is 53.8 Å². The zero-order chi connectivity index (χ0) is 19.8. The molecule has 4 nitrogen and oxygen atoms in total. The van der Waals surface area contributed by atoms with E-state index in [9.17, 15) is 0 Å². The maximum Gasteiger partial charge on any atom is 0.144 e. The average Bonchev–Trinajstić information content (AvgIpc) is 2.64. The Bertz CT molecular complexity index is 732. The second-order valence-electron chi connectivity index (χ2n) is 5.39. The summed E-state index contributed by atoms with van der Waals surface area (Å²) in [5.74, 6) is 3.03. The molecule has 142 valence electrons. The van der Waals surface area contributed by atoms with Crippen LogP contribution in [0.15, 0.2) is 0 Å². The Morgan fingerprint density at radius 3 is 0.808 bits per heavy atom. The Labute approximate surface area is 208 Å². The molecule has 26 heavy (non-hydrogen) atoms. The normalized spacial score (nSPS) is 10.7. The fourth-order valence-electron chi connectivity index (χ4n) is 2.74. The van der Waals surface area contributed by atoms with Crippen LogP contribution in [0.3, 0.4) is 0 Å². The largest absolute Gasteiger partial charge is 0.495 e. The fraction of sp³-hybridized carbons (Fsp3) is 0.333. The number of methoxy groups -OCH3 is 4. The maximum atomic E-state index is 5.81. The molecule has 0 saturated heterocycles. The molecule has 0 bridgehead atoms. The molecular formula is C18H18I4O4. The van der Waals surface area contributed by atoms with Gasteiger partial charge in [-0.25, -0.2) is 0 Å². The summed E-state index contributed by atoms with van der Waals surface area (Å²) in [6.07, 6.45) is 0. The van der Waals surface area contributed by atoms with Crippen LogP contribution in [0.2, 0.25) is 0 Å². The maximum absolute atomic E-state index is 5.81. The number of halogens is 4. The van der Waals surface area contributed by atoms with Gasteiger partial charge in [-0.2, -0.15) is 0 Å². The zero-order valence-corrected chi connectivity index (χ0v) is 23.8. The first-order valence-corrected chi connectivity index (χ1v) is 11.8. The van der Waals surface area contributed by atoms with Crippen molar-refractivity contribution >= 4 is 90.4 Å². The molecule has 0 unspecified atom stereocenters. The van der Waals surface area contributed by atoms with Gasteiger partial charge in [-0.3, -0.25) is 0 Å². The van der Waals surface area contributed by atoms with E-state index in [2.05, 4.69) is 104 Å². The number of hydrogen-bond donors (Lipinski definition) is 0. The van der Waals surface area contributed by atoms with Crippen molar-refractivity contribution in [2.75, 3.05) is 28.4 Å². The Hall–Kier alpha value is 0.560. The molecule has 0 fully saturated rings. The molecule has 0 aromatic heterocycles. The molecule has 0 heterocycles. The van der Waals surface area contributed by atoms with Gasteiger partial charge in [0.1, 0.15) is 23.0 Å². The van der Waals surface area contributed by atoms with Gasteiger partial charge in [-0.1, -0.05) is 0 Å². The van der Waals surface area contributed by atoms with Crippen LogP contribution >= 0.6 is 90.4 Å². The molecule has 0 aliphatic heterocycles. The van der Waals surface area contributed by atoms with E-state index in [4.69, 9.17) is 18.9 Å². The standard InChI is InChI=1S/C18H18I4O4/c1-7-11(19)15(23-3)9(16(24-4)12(7)20)10-17(25-5)13(21)8(2)14(22)18(10)26-6/h1-6H3. The minimum Gasteiger partial charge on any atom is -0.495 e. The van der Waals surface area contributed by atoms with E-state index in [-0.39, 0.29) is 0 Å². The third-order valence-corrected chi connectivity index (χ3v) is 9.28. The number of hydrogen-bond acceptors (Lipinski definition) is 4. The lowest BCUT2D eigenvalue weighted by atomic mass is 9.98. The van der Waals surface area contributed by atoms with E-state index in [1.807, 2.05) is 0 Å². The summed E-state index contributed by atoms with van der Waals surface area (Å²) in [6.45, 7) is 4.13. The zero-order valence-electron chi connectivity index (χ0n) is 15.1. The SMILES string of the molecule is COc1c(I)c(C)c(I)c(OC)c1-c1c(OC)c(I)c(C)c(I)c1OC. The molecule has 0 N–H and O–H groups in total. The summed E-state index contributed by atoms with van der Waals surface area (Å²) in [6, 6.07) is 0. The lowest BCUT2D eigenvalue weighted by Crippen LogP contribution is -2.06. The minimum absolute atomic E-state index is 0.757. The second-order valence-corrected chi connectivity index (χ2v) is 9.70. The lowest BCUT2D eigenvalue weighted by Gasteiger charge is -2.24. The van der Waals surface area contributed by atoms with Gasteiger partial charge in [0.2, 0.25) is 0 Å². The van der Waals surface area contributed by atoms with Crippen LogP contribution < -0.4 is 18.9 Å². The van der Waals surface area contributed by atoms with E-state index in [1.54, 1.807) is 28.4 Å². The van der Waals surface area contributed by atoms with Gasteiger partial charge in [0, 0.05) is 0 Å². The van der Waals surface area contributed by atoms with Crippen molar-refractivity contribution in [2.45, 2.75) is 13.8 Å². The molecule has 2 rings (SSSR count). The van der Waals surface area contributed by atoms with E-state index in [1.165, 1.54) is 0 Å². The van der Waals surface area contributed by atoms with Crippen LogP contribution in [0.5, 0.6) is 23.0 Å². The highest BCUT2D eigenvalue weighted by Crippen LogP contribution is 2.54. The first kappa shape index (κ1) is 22.8. The monoisotopic (exact) mass is 806 g/mol. The van der Waals surface area contributed by atoms with Gasteiger partial charge in [-0.15, -0.1) is 0 Å². The van der Waals surface area contributed by atoms with E-state index < -0.39 is 0 Å². The molecule has 0 aliphatic carbocycles. The molecular weight excluding hydrogens is 788 g/mol. The van der Waals surface area contributed by atoms with Crippen LogP contribution in [0.4, 0.5) is 0 Å². The van der Waals surface area contributed by atoms with E-state index in [0.717, 1.165) is 59.5 Å². The highest BCUT2D eigenvalue weighted by atomic mass is 127. The first-order chi connectivity index (χ1) is 12.3. The van der Waals surface area contributed by atoms with Crippen molar-refractivity contribution in [1.82, 2.24) is 0 Å². The number of rotatable bonds is 5. The smallest absolute Gasteiger partial charge is 0.144 e. The van der Waals surface area contributed by atoms with Gasteiger partial charge >= 0.3 is 0 Å². The van der Waals surface area contributed by atoms with E-state index in [0.29, 0.717) is 0 Å². The van der Waals surface area contributed by atoms with Crippen LogP contribution in [0.25, 0.3) is 11.1 Å². The highest BCUT2D eigenvalue weighted by molar-refractivity contribution is 14.1. The summed E-state index contributed by atoms with van der Waals surface area (Å²) in [5, 5.41) is 0. The molecule has 0 atom stereocenters. The molecule has 0 radical (unpaired) electrons. The van der Waals surface area contributed by atoms with Crippen molar-refractivity contribution in [3.8, 4) is 34.1 Å². The van der Waals surface area contributed by atoms with Crippen molar-refractivity contribution in [3.05, 3.63) is 25.4 Å². The molecule has 2 aromatic rings. The molecule has 0 spiro atoms. The first-order valence-electron chi connectivity index (χ1n) is 7.46. The van der Waals surface area contributed by atoms with Crippen LogP contribution in [-0.4, -0.2) is 28.4 Å². The molecule has 0 amide bonds. The summed E-state index contributed by atoms with van der Waals surface area (Å²) in [4.78, 5) is 0. The third kappa shape index (κ3) is 3.72. The van der Waals surface area contributed by atoms with Gasteiger partial charge in [0.15, 0.2) is 0 Å².